The van der Waals surface area contributed by atoms with E-state index in [2.05, 4.69) is 10.3 Å². The highest BCUT2D eigenvalue weighted by molar-refractivity contribution is 7.89. The normalized spacial score (nSPS) is 11.7. The fourth-order valence-corrected chi connectivity index (χ4v) is 4.03. The Hall–Kier alpha value is -3.24. The van der Waals surface area contributed by atoms with Crippen molar-refractivity contribution in [1.82, 2.24) is 19.2 Å². The highest BCUT2D eigenvalue weighted by Crippen LogP contribution is 2.21. The maximum atomic E-state index is 12.3. The number of nitrogens with one attached hydrogen (secondary N) is 1. The number of carbonyl (C=O) groups excluding carboxylic acids is 1. The van der Waals surface area contributed by atoms with Gasteiger partial charge in [0.05, 0.1) is 21.5 Å². The number of aromatic nitrogens is 2. The minimum Gasteiger partial charge on any atom is -0.478 e. The summed E-state index contributed by atoms with van der Waals surface area (Å²) >= 11 is 0. The minimum absolute atomic E-state index is 0.162. The molecule has 31 heavy (non-hydrogen) atoms. The first-order valence-corrected chi connectivity index (χ1v) is 11.0. The van der Waals surface area contributed by atoms with E-state index in [-0.39, 0.29) is 22.8 Å². The molecule has 3 aromatic rings. The lowest BCUT2D eigenvalue weighted by molar-refractivity contribution is -0.121. The first kappa shape index (κ1) is 22.4. The van der Waals surface area contributed by atoms with Crippen molar-refractivity contribution < 1.29 is 23.1 Å². The van der Waals surface area contributed by atoms with Gasteiger partial charge >= 0.3 is 5.97 Å². The van der Waals surface area contributed by atoms with Gasteiger partial charge < -0.3 is 15.0 Å². The zero-order chi connectivity index (χ0) is 22.8. The second-order valence-corrected chi connectivity index (χ2v) is 9.46. The summed E-state index contributed by atoms with van der Waals surface area (Å²) in [5.74, 6) is -0.481. The number of benzene rings is 2. The molecule has 0 radical (unpaired) electrons. The predicted octanol–water partition coefficient (Wildman–Crippen LogP) is 1.77. The van der Waals surface area contributed by atoms with Crippen LogP contribution in [-0.2, 0) is 34.8 Å². The Labute approximate surface area is 180 Å². The zero-order valence-corrected chi connectivity index (χ0v) is 18.3. The molecule has 0 aliphatic carbocycles. The number of carboxylic acid groups (broad SMARTS) is 1. The van der Waals surface area contributed by atoms with Gasteiger partial charge in [-0.25, -0.2) is 22.5 Å². The quantitative estimate of drug-likeness (QED) is 0.546. The van der Waals surface area contributed by atoms with E-state index in [1.54, 1.807) is 24.3 Å². The number of nitrogens with zero attached hydrogens (tertiary/aromatic N) is 3. The van der Waals surface area contributed by atoms with Crippen molar-refractivity contribution in [1.29, 1.82) is 0 Å². The Balaban J connectivity index is 1.64. The molecule has 0 saturated heterocycles. The van der Waals surface area contributed by atoms with Crippen LogP contribution in [-0.4, -0.2) is 53.4 Å². The van der Waals surface area contributed by atoms with E-state index in [1.165, 1.54) is 32.3 Å². The highest BCUT2D eigenvalue weighted by atomic mass is 32.2. The molecule has 3 rings (SSSR count). The molecule has 164 valence electrons. The van der Waals surface area contributed by atoms with Gasteiger partial charge in [0.15, 0.2) is 0 Å². The molecular weight excluding hydrogens is 420 g/mol. The molecule has 0 aliphatic rings. The van der Waals surface area contributed by atoms with Crippen LogP contribution in [0.3, 0.4) is 0 Å². The number of aromatic carboxylic acids is 1. The Bertz CT molecular complexity index is 1230. The SMILES string of the molecule is CN(C)S(=O)(=O)c1ccc2c(c1)nc(CCC(=O)NCc1ccc(C(=O)O)cc1)n2C. The topological polar surface area (TPSA) is 122 Å². The largest absolute Gasteiger partial charge is 0.478 e. The smallest absolute Gasteiger partial charge is 0.335 e. The van der Waals surface area contributed by atoms with E-state index in [4.69, 9.17) is 5.11 Å². The third-order valence-corrected chi connectivity index (χ3v) is 6.80. The van der Waals surface area contributed by atoms with Gasteiger partial charge in [-0.1, -0.05) is 12.1 Å². The Morgan fingerprint density at radius 3 is 2.42 bits per heavy atom. The number of fused-ring (bicyclic) bond motifs is 1. The third-order valence-electron chi connectivity index (χ3n) is 4.99. The molecule has 0 fully saturated rings. The zero-order valence-electron chi connectivity index (χ0n) is 17.5. The van der Waals surface area contributed by atoms with Crippen LogP contribution in [0.15, 0.2) is 47.4 Å². The Kier molecular flexibility index (Phi) is 6.42. The van der Waals surface area contributed by atoms with Gasteiger partial charge in [0, 0.05) is 40.5 Å². The van der Waals surface area contributed by atoms with Gasteiger partial charge in [-0.05, 0) is 35.9 Å². The van der Waals surface area contributed by atoms with Crippen LogP contribution >= 0.6 is 0 Å². The number of sulfonamides is 1. The second-order valence-electron chi connectivity index (χ2n) is 7.30. The molecule has 0 bridgehead atoms. The predicted molar refractivity (Wildman–Crippen MR) is 115 cm³/mol. The van der Waals surface area contributed by atoms with Crippen molar-refractivity contribution >= 4 is 32.9 Å². The fourth-order valence-electron chi connectivity index (χ4n) is 3.10. The van der Waals surface area contributed by atoms with Crippen molar-refractivity contribution in [3.63, 3.8) is 0 Å². The van der Waals surface area contributed by atoms with Crippen molar-refractivity contribution in [2.24, 2.45) is 7.05 Å². The van der Waals surface area contributed by atoms with Gasteiger partial charge in [0.25, 0.3) is 0 Å². The first-order chi connectivity index (χ1) is 14.6. The Morgan fingerprint density at radius 1 is 1.13 bits per heavy atom. The molecule has 1 aromatic heterocycles. The molecule has 0 aliphatic heterocycles. The van der Waals surface area contributed by atoms with E-state index in [0.29, 0.717) is 24.3 Å². The average molecular weight is 445 g/mol. The number of rotatable bonds is 8. The van der Waals surface area contributed by atoms with Gasteiger partial charge in [-0.3, -0.25) is 4.79 Å². The van der Waals surface area contributed by atoms with Crippen LogP contribution in [0.25, 0.3) is 11.0 Å². The summed E-state index contributed by atoms with van der Waals surface area (Å²) in [6.45, 7) is 0.299. The average Bonchev–Trinajstić information content (AvgIpc) is 3.05. The summed E-state index contributed by atoms with van der Waals surface area (Å²) in [5.41, 5.74) is 2.33. The van der Waals surface area contributed by atoms with Gasteiger partial charge in [0.1, 0.15) is 5.82 Å². The monoisotopic (exact) mass is 444 g/mol. The van der Waals surface area contributed by atoms with E-state index in [1.807, 2.05) is 11.6 Å². The molecule has 1 heterocycles. The van der Waals surface area contributed by atoms with Crippen LogP contribution in [0.2, 0.25) is 0 Å². The number of carbonyl (C=O) groups is 2. The molecule has 0 spiro atoms. The van der Waals surface area contributed by atoms with Crippen LogP contribution in [0.5, 0.6) is 0 Å². The lowest BCUT2D eigenvalue weighted by Gasteiger charge is -2.10. The fraction of sp³-hybridized carbons (Fsp3) is 0.286. The summed E-state index contributed by atoms with van der Waals surface area (Å²) < 4.78 is 27.7. The molecule has 0 saturated carbocycles. The van der Waals surface area contributed by atoms with Crippen molar-refractivity contribution in [3.05, 3.63) is 59.4 Å². The highest BCUT2D eigenvalue weighted by Gasteiger charge is 2.19. The minimum atomic E-state index is -3.55. The van der Waals surface area contributed by atoms with Crippen molar-refractivity contribution in [2.75, 3.05) is 14.1 Å². The molecule has 2 N–H and O–H groups in total. The van der Waals surface area contributed by atoms with E-state index in [9.17, 15) is 18.0 Å². The van der Waals surface area contributed by atoms with Crippen molar-refractivity contribution in [2.45, 2.75) is 24.3 Å². The molecule has 9 nitrogen and oxygen atoms in total. The van der Waals surface area contributed by atoms with E-state index in [0.717, 1.165) is 15.4 Å². The lowest BCUT2D eigenvalue weighted by atomic mass is 10.1. The molecule has 10 heteroatoms. The maximum Gasteiger partial charge on any atom is 0.335 e. The first-order valence-electron chi connectivity index (χ1n) is 9.56. The summed E-state index contributed by atoms with van der Waals surface area (Å²) in [5, 5.41) is 11.7. The molecule has 2 aromatic carbocycles. The number of amides is 1. The van der Waals surface area contributed by atoms with E-state index >= 15 is 0 Å². The van der Waals surface area contributed by atoms with Crippen LogP contribution in [0, 0.1) is 0 Å². The third kappa shape index (κ3) is 4.92. The van der Waals surface area contributed by atoms with Crippen molar-refractivity contribution in [3.8, 4) is 0 Å². The van der Waals surface area contributed by atoms with Crippen LogP contribution in [0.4, 0.5) is 0 Å². The van der Waals surface area contributed by atoms with E-state index < -0.39 is 16.0 Å². The number of carboxylic acids is 1. The van der Waals surface area contributed by atoms with Gasteiger partial charge in [-0.15, -0.1) is 0 Å². The lowest BCUT2D eigenvalue weighted by Crippen LogP contribution is -2.23. The molecule has 0 atom stereocenters. The number of hydrogen-bond acceptors (Lipinski definition) is 5. The summed E-state index contributed by atoms with van der Waals surface area (Å²) in [6, 6.07) is 11.1. The number of aryl methyl sites for hydroxylation is 2. The number of imidazole rings is 1. The second kappa shape index (κ2) is 8.86. The molecular formula is C21H24N4O5S. The summed E-state index contributed by atoms with van der Waals surface area (Å²) in [6.07, 6.45) is 0.609. The van der Waals surface area contributed by atoms with Crippen LogP contribution in [0.1, 0.15) is 28.2 Å². The molecule has 1 amide bonds. The number of hydrogen-bond donors (Lipinski definition) is 2. The Morgan fingerprint density at radius 2 is 1.81 bits per heavy atom. The maximum absolute atomic E-state index is 12.3. The van der Waals surface area contributed by atoms with Gasteiger partial charge in [-0.2, -0.15) is 0 Å². The summed E-state index contributed by atoms with van der Waals surface area (Å²) in [7, 11) is 1.22. The van der Waals surface area contributed by atoms with Crippen LogP contribution < -0.4 is 5.32 Å². The summed E-state index contributed by atoms with van der Waals surface area (Å²) in [4.78, 5) is 27.8. The van der Waals surface area contributed by atoms with Gasteiger partial charge in [0.2, 0.25) is 15.9 Å². The standard InChI is InChI=1S/C21H24N4O5S/c1-24(2)31(29,30)16-8-9-18-17(12-16)23-19(25(18)3)10-11-20(26)22-13-14-4-6-15(7-5-14)21(27)28/h4-9,12H,10-11,13H2,1-3H3,(H,22,26)(H,27,28). The molecule has 0 unspecified atom stereocenters.